The second-order valence-corrected chi connectivity index (χ2v) is 8.50. The number of aromatic nitrogens is 3. The van der Waals surface area contributed by atoms with Gasteiger partial charge in [-0.15, -0.1) is 5.10 Å². The van der Waals surface area contributed by atoms with Crippen LogP contribution >= 0.6 is 11.5 Å². The summed E-state index contributed by atoms with van der Waals surface area (Å²) in [6, 6.07) is 10.3. The fraction of sp³-hybridized carbons (Fsp3) is 0.348. The van der Waals surface area contributed by atoms with Crippen molar-refractivity contribution in [1.29, 1.82) is 0 Å². The number of aryl methyl sites for hydroxylation is 1. The summed E-state index contributed by atoms with van der Waals surface area (Å²) in [5, 5.41) is 8.64. The maximum absolute atomic E-state index is 13.6. The maximum atomic E-state index is 13.6. The molecule has 0 aliphatic heterocycles. The maximum Gasteiger partial charge on any atom is 0.280 e. The van der Waals surface area contributed by atoms with Crippen LogP contribution in [0.15, 0.2) is 54.2 Å². The summed E-state index contributed by atoms with van der Waals surface area (Å²) in [6.45, 7) is 8.00. The second kappa shape index (κ2) is 9.78. The zero-order valence-electron chi connectivity index (χ0n) is 18.2. The molecule has 2 aromatic heterocycles. The molecule has 0 fully saturated rings. The molecule has 0 unspecified atom stereocenters. The molecule has 31 heavy (non-hydrogen) atoms. The Bertz CT molecular complexity index is 1000. The lowest BCUT2D eigenvalue weighted by Crippen LogP contribution is -2.50. The van der Waals surface area contributed by atoms with Crippen LogP contribution in [0.5, 0.6) is 0 Å². The number of hydrogen-bond donors (Lipinski definition) is 1. The van der Waals surface area contributed by atoms with E-state index in [-0.39, 0.29) is 17.5 Å². The fourth-order valence-electron chi connectivity index (χ4n) is 3.11. The monoisotopic (exact) mass is 437 g/mol. The SMILES string of the molecule is CCc1ccc(N(C(=O)c2csnn2)[C@@H](C(=O)NC(C)(C)CC)c2ccncc2)cc1. The number of amides is 2. The summed E-state index contributed by atoms with van der Waals surface area (Å²) in [6.07, 6.45) is 4.86. The first-order chi connectivity index (χ1) is 14.9. The van der Waals surface area contributed by atoms with Crippen molar-refractivity contribution < 1.29 is 9.59 Å². The molecule has 0 spiro atoms. The van der Waals surface area contributed by atoms with Crippen LogP contribution < -0.4 is 10.2 Å². The van der Waals surface area contributed by atoms with E-state index in [9.17, 15) is 9.59 Å². The van der Waals surface area contributed by atoms with Gasteiger partial charge in [-0.2, -0.15) is 0 Å². The van der Waals surface area contributed by atoms with Gasteiger partial charge in [0.25, 0.3) is 5.91 Å². The summed E-state index contributed by atoms with van der Waals surface area (Å²) in [7, 11) is 0. The van der Waals surface area contributed by atoms with Gasteiger partial charge in [0, 0.05) is 29.0 Å². The summed E-state index contributed by atoms with van der Waals surface area (Å²) in [5.41, 5.74) is 2.19. The molecule has 8 heteroatoms. The number of anilines is 1. The van der Waals surface area contributed by atoms with E-state index in [0.29, 0.717) is 11.3 Å². The van der Waals surface area contributed by atoms with Crippen LogP contribution in [0.1, 0.15) is 61.8 Å². The number of carbonyl (C=O) groups is 2. The second-order valence-electron chi connectivity index (χ2n) is 7.90. The molecule has 0 saturated carbocycles. The minimum absolute atomic E-state index is 0.200. The van der Waals surface area contributed by atoms with Crippen LogP contribution in [0, 0.1) is 0 Å². The van der Waals surface area contributed by atoms with Crippen molar-refractivity contribution in [1.82, 2.24) is 19.9 Å². The van der Waals surface area contributed by atoms with Crippen molar-refractivity contribution in [2.45, 2.75) is 52.1 Å². The fourth-order valence-corrected chi connectivity index (χ4v) is 3.54. The van der Waals surface area contributed by atoms with Gasteiger partial charge in [-0.25, -0.2) is 0 Å². The predicted octanol–water partition coefficient (Wildman–Crippen LogP) is 4.19. The van der Waals surface area contributed by atoms with Crippen LogP contribution in [-0.4, -0.2) is 31.9 Å². The molecule has 2 heterocycles. The summed E-state index contributed by atoms with van der Waals surface area (Å²) in [4.78, 5) is 32.7. The molecule has 2 amide bonds. The molecule has 1 N–H and O–H groups in total. The lowest BCUT2D eigenvalue weighted by molar-refractivity contribution is -0.124. The topological polar surface area (TPSA) is 88.1 Å². The first-order valence-corrected chi connectivity index (χ1v) is 11.1. The van der Waals surface area contributed by atoms with Gasteiger partial charge in [0.15, 0.2) is 5.69 Å². The smallest absolute Gasteiger partial charge is 0.280 e. The van der Waals surface area contributed by atoms with Gasteiger partial charge in [0.1, 0.15) is 6.04 Å². The van der Waals surface area contributed by atoms with Crippen LogP contribution in [0.3, 0.4) is 0 Å². The number of carbonyl (C=O) groups excluding carboxylic acids is 2. The zero-order chi connectivity index (χ0) is 22.4. The minimum Gasteiger partial charge on any atom is -0.349 e. The van der Waals surface area contributed by atoms with E-state index in [4.69, 9.17) is 0 Å². The lowest BCUT2D eigenvalue weighted by Gasteiger charge is -2.34. The first-order valence-electron chi connectivity index (χ1n) is 10.3. The summed E-state index contributed by atoms with van der Waals surface area (Å²) < 4.78 is 3.83. The van der Waals surface area contributed by atoms with E-state index in [2.05, 4.69) is 26.8 Å². The highest BCUT2D eigenvalue weighted by Gasteiger charge is 2.36. The van der Waals surface area contributed by atoms with E-state index >= 15 is 0 Å². The molecular weight excluding hydrogens is 410 g/mol. The van der Waals surface area contributed by atoms with Gasteiger partial charge in [-0.1, -0.05) is 30.5 Å². The van der Waals surface area contributed by atoms with E-state index in [1.807, 2.05) is 45.0 Å². The average Bonchev–Trinajstić information content (AvgIpc) is 3.32. The standard InChI is InChI=1S/C23H27N5O2S/c1-5-16-7-9-18(10-8-16)28(22(30)19-15-31-27-26-19)20(17-11-13-24-14-12-17)21(29)25-23(3,4)6-2/h7-15,20H,5-6H2,1-4H3,(H,25,29)/t20-/m1/s1. The molecule has 1 aromatic carbocycles. The number of nitrogens with zero attached hydrogens (tertiary/aromatic N) is 4. The Balaban J connectivity index is 2.13. The van der Waals surface area contributed by atoms with E-state index < -0.39 is 11.6 Å². The Labute approximate surface area is 186 Å². The molecule has 0 radical (unpaired) electrons. The van der Waals surface area contributed by atoms with Gasteiger partial charge in [0.05, 0.1) is 0 Å². The van der Waals surface area contributed by atoms with Gasteiger partial charge in [0.2, 0.25) is 5.91 Å². The molecule has 162 valence electrons. The van der Waals surface area contributed by atoms with Crippen molar-refractivity contribution >= 4 is 29.0 Å². The molecule has 3 aromatic rings. The molecule has 7 nitrogen and oxygen atoms in total. The number of nitrogens with one attached hydrogen (secondary N) is 1. The van der Waals surface area contributed by atoms with Crippen LogP contribution in [0.25, 0.3) is 0 Å². The normalized spacial score (nSPS) is 12.3. The Kier molecular flexibility index (Phi) is 7.12. The van der Waals surface area contributed by atoms with Crippen LogP contribution in [0.2, 0.25) is 0 Å². The Morgan fingerprint density at radius 2 is 1.77 bits per heavy atom. The highest BCUT2D eigenvalue weighted by atomic mass is 32.1. The van der Waals surface area contributed by atoms with E-state index in [1.165, 1.54) is 4.90 Å². The number of pyridine rings is 1. The predicted molar refractivity (Wildman–Crippen MR) is 122 cm³/mol. The third kappa shape index (κ3) is 5.32. The molecule has 0 saturated heterocycles. The van der Waals surface area contributed by atoms with Crippen molar-refractivity contribution in [2.75, 3.05) is 4.90 Å². The van der Waals surface area contributed by atoms with Gasteiger partial charge < -0.3 is 5.32 Å². The molecule has 0 aliphatic rings. The zero-order valence-corrected chi connectivity index (χ0v) is 19.0. The Morgan fingerprint density at radius 1 is 1.10 bits per heavy atom. The van der Waals surface area contributed by atoms with Crippen molar-refractivity contribution in [3.8, 4) is 0 Å². The molecule has 1 atom stereocenters. The van der Waals surface area contributed by atoms with E-state index in [0.717, 1.165) is 29.9 Å². The quantitative estimate of drug-likeness (QED) is 0.571. The van der Waals surface area contributed by atoms with Gasteiger partial charge in [-0.3, -0.25) is 19.5 Å². The highest BCUT2D eigenvalue weighted by Crippen LogP contribution is 2.30. The van der Waals surface area contributed by atoms with Crippen molar-refractivity contribution in [3.63, 3.8) is 0 Å². The Hall–Kier alpha value is -3.13. The Morgan fingerprint density at radius 3 is 2.32 bits per heavy atom. The van der Waals surface area contributed by atoms with Crippen LogP contribution in [0.4, 0.5) is 5.69 Å². The van der Waals surface area contributed by atoms with Gasteiger partial charge >= 0.3 is 0 Å². The van der Waals surface area contributed by atoms with Crippen molar-refractivity contribution in [2.24, 2.45) is 0 Å². The molecular formula is C23H27N5O2S. The van der Waals surface area contributed by atoms with Gasteiger partial charge in [-0.05, 0) is 73.6 Å². The number of rotatable bonds is 8. The third-order valence-corrected chi connectivity index (χ3v) is 5.80. The molecule has 3 rings (SSSR count). The third-order valence-electron chi connectivity index (χ3n) is 5.29. The van der Waals surface area contributed by atoms with Crippen molar-refractivity contribution in [3.05, 3.63) is 71.0 Å². The summed E-state index contributed by atoms with van der Waals surface area (Å²) in [5.74, 6) is -0.654. The largest absolute Gasteiger partial charge is 0.349 e. The first kappa shape index (κ1) is 22.6. The minimum atomic E-state index is -0.893. The van der Waals surface area contributed by atoms with E-state index in [1.54, 1.807) is 29.9 Å². The average molecular weight is 438 g/mol. The number of hydrogen-bond acceptors (Lipinski definition) is 6. The highest BCUT2D eigenvalue weighted by molar-refractivity contribution is 7.03. The molecule has 0 bridgehead atoms. The summed E-state index contributed by atoms with van der Waals surface area (Å²) >= 11 is 1.10. The lowest BCUT2D eigenvalue weighted by atomic mass is 9.98. The number of benzene rings is 1. The van der Waals surface area contributed by atoms with Crippen LogP contribution in [-0.2, 0) is 11.2 Å². The molecule has 0 aliphatic carbocycles.